The third-order valence-corrected chi connectivity index (χ3v) is 7.72. The number of hydrogen-bond donors (Lipinski definition) is 1. The Kier molecular flexibility index (Phi) is 6.56. The van der Waals surface area contributed by atoms with Crippen LogP contribution >= 0.6 is 0 Å². The molecule has 3 aromatic rings. The van der Waals surface area contributed by atoms with E-state index in [1.54, 1.807) is 18.2 Å². The number of benzene rings is 3. The quantitative estimate of drug-likeness (QED) is 0.590. The predicted molar refractivity (Wildman–Crippen MR) is 132 cm³/mol. The highest BCUT2D eigenvalue weighted by Gasteiger charge is 2.33. The fourth-order valence-electron chi connectivity index (χ4n) is 4.77. The molecular formula is C27H30N2O3S. The molecule has 172 valence electrons. The van der Waals surface area contributed by atoms with E-state index in [-0.39, 0.29) is 4.90 Å². The lowest BCUT2D eigenvalue weighted by Gasteiger charge is -2.33. The summed E-state index contributed by atoms with van der Waals surface area (Å²) in [5.41, 5.74) is 6.89. The first-order valence-corrected chi connectivity index (χ1v) is 12.8. The molecule has 0 aliphatic carbocycles. The molecule has 4 rings (SSSR count). The van der Waals surface area contributed by atoms with E-state index in [0.717, 1.165) is 18.5 Å². The maximum absolute atomic E-state index is 13.4. The van der Waals surface area contributed by atoms with Crippen molar-refractivity contribution in [1.29, 1.82) is 0 Å². The summed E-state index contributed by atoms with van der Waals surface area (Å²) >= 11 is 0. The molecule has 1 unspecified atom stereocenters. The number of nitrogens with one attached hydrogen (secondary N) is 1. The maximum Gasteiger partial charge on any atom is 0.264 e. The summed E-state index contributed by atoms with van der Waals surface area (Å²) < 4.78 is 28.1. The minimum atomic E-state index is -3.94. The number of nitrogens with zero attached hydrogens (tertiary/aromatic N) is 1. The largest absolute Gasteiger partial charge is 0.355 e. The standard InChI is InChI=1S/C27H30N2O3S/c1-19-16-20(2)24(21(3)17-19)18-29-25-14-8-7-10-22(25)11-9-15-26(29)27(30)28-33(31,32)23-12-5-4-6-13-23/h4-8,10,12-14,16-17,26H,9,11,15,18H2,1-3H3,(H,28,30). The second-order valence-corrected chi connectivity index (χ2v) is 10.5. The molecule has 0 saturated carbocycles. The minimum Gasteiger partial charge on any atom is -0.355 e. The highest BCUT2D eigenvalue weighted by atomic mass is 32.2. The van der Waals surface area contributed by atoms with Crippen LogP contribution in [0.25, 0.3) is 0 Å². The van der Waals surface area contributed by atoms with Crippen LogP contribution in [-0.4, -0.2) is 20.4 Å². The number of fused-ring (bicyclic) bond motifs is 1. The van der Waals surface area contributed by atoms with E-state index in [9.17, 15) is 13.2 Å². The Morgan fingerprint density at radius 2 is 1.61 bits per heavy atom. The zero-order chi connectivity index (χ0) is 23.6. The van der Waals surface area contributed by atoms with Gasteiger partial charge in [0.2, 0.25) is 0 Å². The van der Waals surface area contributed by atoms with Crippen molar-refractivity contribution in [3.05, 3.63) is 94.5 Å². The maximum atomic E-state index is 13.4. The average molecular weight is 463 g/mol. The summed E-state index contributed by atoms with van der Waals surface area (Å²) in [6.45, 7) is 6.80. The molecule has 6 heteroatoms. The summed E-state index contributed by atoms with van der Waals surface area (Å²) in [6.07, 6.45) is 2.24. The molecular weight excluding hydrogens is 432 g/mol. The lowest BCUT2D eigenvalue weighted by molar-refractivity contribution is -0.120. The third kappa shape index (κ3) is 4.96. The summed E-state index contributed by atoms with van der Waals surface area (Å²) in [7, 11) is -3.94. The lowest BCUT2D eigenvalue weighted by Crippen LogP contribution is -2.48. The molecule has 1 N–H and O–H groups in total. The molecule has 33 heavy (non-hydrogen) atoms. The van der Waals surface area contributed by atoms with Crippen molar-refractivity contribution in [3.63, 3.8) is 0 Å². The molecule has 0 radical (unpaired) electrons. The SMILES string of the molecule is Cc1cc(C)c(CN2c3ccccc3CCCC2C(=O)NS(=O)(=O)c2ccccc2)c(C)c1. The van der Waals surface area contributed by atoms with Crippen molar-refractivity contribution >= 4 is 21.6 Å². The average Bonchev–Trinajstić information content (AvgIpc) is 2.96. The van der Waals surface area contributed by atoms with Gasteiger partial charge in [0.25, 0.3) is 15.9 Å². The van der Waals surface area contributed by atoms with Gasteiger partial charge in [-0.3, -0.25) is 4.79 Å². The fourth-order valence-corrected chi connectivity index (χ4v) is 5.80. The first-order valence-electron chi connectivity index (χ1n) is 11.3. The first kappa shape index (κ1) is 23.1. The number of carbonyl (C=O) groups is 1. The van der Waals surface area contributed by atoms with E-state index in [2.05, 4.69) is 48.6 Å². The van der Waals surface area contributed by atoms with Crippen LogP contribution in [0.1, 0.15) is 40.7 Å². The zero-order valence-corrected chi connectivity index (χ0v) is 20.2. The van der Waals surface area contributed by atoms with Gasteiger partial charge in [0.05, 0.1) is 4.90 Å². The number of carbonyl (C=O) groups excluding carboxylic acids is 1. The molecule has 0 bridgehead atoms. The van der Waals surface area contributed by atoms with Gasteiger partial charge in [0.15, 0.2) is 0 Å². The zero-order valence-electron chi connectivity index (χ0n) is 19.3. The number of sulfonamides is 1. The molecule has 1 heterocycles. The topological polar surface area (TPSA) is 66.5 Å². The van der Waals surface area contributed by atoms with E-state index < -0.39 is 22.0 Å². The van der Waals surface area contributed by atoms with E-state index >= 15 is 0 Å². The summed E-state index contributed by atoms with van der Waals surface area (Å²) in [5.74, 6) is -0.488. The molecule has 5 nitrogen and oxygen atoms in total. The Morgan fingerprint density at radius 3 is 2.30 bits per heavy atom. The Hall–Kier alpha value is -3.12. The summed E-state index contributed by atoms with van der Waals surface area (Å²) in [5, 5.41) is 0. The van der Waals surface area contributed by atoms with Gasteiger partial charge in [-0.05, 0) is 80.5 Å². The Balaban J connectivity index is 1.72. The van der Waals surface area contributed by atoms with E-state index in [1.807, 2.05) is 18.2 Å². The molecule has 1 aliphatic rings. The molecule has 1 atom stereocenters. The van der Waals surface area contributed by atoms with Crippen LogP contribution < -0.4 is 9.62 Å². The van der Waals surface area contributed by atoms with Crippen molar-refractivity contribution in [2.75, 3.05) is 4.90 Å². The van der Waals surface area contributed by atoms with Crippen molar-refractivity contribution in [2.45, 2.75) is 57.5 Å². The molecule has 1 aliphatic heterocycles. The number of amides is 1. The van der Waals surface area contributed by atoms with Crippen LogP contribution in [0, 0.1) is 20.8 Å². The summed E-state index contributed by atoms with van der Waals surface area (Å²) in [4.78, 5) is 15.6. The van der Waals surface area contributed by atoms with Crippen LogP contribution in [0.4, 0.5) is 5.69 Å². The molecule has 0 fully saturated rings. The highest BCUT2D eigenvalue weighted by molar-refractivity contribution is 7.90. The van der Waals surface area contributed by atoms with Gasteiger partial charge in [0, 0.05) is 12.2 Å². The second-order valence-electron chi connectivity index (χ2n) is 8.82. The Bertz CT molecular complexity index is 1250. The normalized spacial score (nSPS) is 16.1. The second kappa shape index (κ2) is 9.40. The van der Waals surface area contributed by atoms with Crippen molar-refractivity contribution < 1.29 is 13.2 Å². The van der Waals surface area contributed by atoms with Crippen LogP contribution in [0.5, 0.6) is 0 Å². The smallest absolute Gasteiger partial charge is 0.264 e. The van der Waals surface area contributed by atoms with Crippen LogP contribution in [0.15, 0.2) is 71.6 Å². The number of aryl methyl sites for hydroxylation is 4. The van der Waals surface area contributed by atoms with Gasteiger partial charge in [-0.15, -0.1) is 0 Å². The predicted octanol–water partition coefficient (Wildman–Crippen LogP) is 4.83. The third-order valence-electron chi connectivity index (χ3n) is 6.36. The number of hydrogen-bond acceptors (Lipinski definition) is 4. The van der Waals surface area contributed by atoms with Crippen molar-refractivity contribution in [3.8, 4) is 0 Å². The van der Waals surface area contributed by atoms with E-state index in [4.69, 9.17) is 0 Å². The van der Waals surface area contributed by atoms with Gasteiger partial charge in [-0.1, -0.05) is 54.1 Å². The first-order chi connectivity index (χ1) is 15.8. The van der Waals surface area contributed by atoms with Crippen LogP contribution in [-0.2, 0) is 27.8 Å². The lowest BCUT2D eigenvalue weighted by atomic mass is 9.98. The van der Waals surface area contributed by atoms with E-state index in [1.165, 1.54) is 39.9 Å². The Labute approximate surface area is 196 Å². The van der Waals surface area contributed by atoms with Gasteiger partial charge < -0.3 is 4.90 Å². The summed E-state index contributed by atoms with van der Waals surface area (Å²) in [6, 6.07) is 19.9. The van der Waals surface area contributed by atoms with E-state index in [0.29, 0.717) is 13.0 Å². The monoisotopic (exact) mass is 462 g/mol. The van der Waals surface area contributed by atoms with Gasteiger partial charge in [-0.2, -0.15) is 0 Å². The fraction of sp³-hybridized carbons (Fsp3) is 0.296. The molecule has 0 saturated heterocycles. The van der Waals surface area contributed by atoms with Gasteiger partial charge in [0.1, 0.15) is 6.04 Å². The van der Waals surface area contributed by atoms with Crippen molar-refractivity contribution in [2.24, 2.45) is 0 Å². The minimum absolute atomic E-state index is 0.0872. The van der Waals surface area contributed by atoms with Crippen molar-refractivity contribution in [1.82, 2.24) is 4.72 Å². The molecule has 0 aromatic heterocycles. The molecule has 0 spiro atoms. The number of para-hydroxylation sites is 1. The van der Waals surface area contributed by atoms with Crippen LogP contribution in [0.2, 0.25) is 0 Å². The van der Waals surface area contributed by atoms with Gasteiger partial charge >= 0.3 is 0 Å². The number of rotatable bonds is 5. The number of anilines is 1. The molecule has 1 amide bonds. The Morgan fingerprint density at radius 1 is 0.970 bits per heavy atom. The molecule has 3 aromatic carbocycles. The highest BCUT2D eigenvalue weighted by Crippen LogP contribution is 2.32. The van der Waals surface area contributed by atoms with Crippen LogP contribution in [0.3, 0.4) is 0 Å². The van der Waals surface area contributed by atoms with Gasteiger partial charge in [-0.25, -0.2) is 13.1 Å².